The van der Waals surface area contributed by atoms with E-state index in [-0.39, 0.29) is 5.69 Å². The van der Waals surface area contributed by atoms with Gasteiger partial charge in [0.1, 0.15) is 5.69 Å². The van der Waals surface area contributed by atoms with E-state index >= 15 is 0 Å². The van der Waals surface area contributed by atoms with Crippen molar-refractivity contribution in [2.45, 2.75) is 20.0 Å². The fourth-order valence-electron chi connectivity index (χ4n) is 1.44. The van der Waals surface area contributed by atoms with Gasteiger partial charge < -0.3 is 10.0 Å². The number of hydrogen-bond acceptors (Lipinski definition) is 4. The van der Waals surface area contributed by atoms with E-state index in [9.17, 15) is 15.2 Å². The minimum Gasteiger partial charge on any atom is -0.389 e. The molecule has 1 atom stereocenters. The van der Waals surface area contributed by atoms with Gasteiger partial charge in [-0.1, -0.05) is 6.07 Å². The SMILES string of the molecule is CCN(C)c1ccc([C@@H](C)O)cc1[N+](=O)[O-]. The van der Waals surface area contributed by atoms with Gasteiger partial charge in [-0.15, -0.1) is 0 Å². The van der Waals surface area contributed by atoms with Gasteiger partial charge in [-0.3, -0.25) is 10.1 Å². The first-order chi connectivity index (χ1) is 7.47. The highest BCUT2D eigenvalue weighted by molar-refractivity contribution is 5.64. The first kappa shape index (κ1) is 12.4. The molecule has 1 aromatic rings. The molecule has 0 fully saturated rings. The Morgan fingerprint density at radius 3 is 2.62 bits per heavy atom. The summed E-state index contributed by atoms with van der Waals surface area (Å²) in [4.78, 5) is 12.3. The van der Waals surface area contributed by atoms with E-state index in [4.69, 9.17) is 0 Å². The average molecular weight is 224 g/mol. The summed E-state index contributed by atoms with van der Waals surface area (Å²) in [7, 11) is 1.80. The summed E-state index contributed by atoms with van der Waals surface area (Å²) in [6.07, 6.45) is -0.695. The molecule has 0 amide bonds. The third-order valence-electron chi connectivity index (χ3n) is 2.56. The lowest BCUT2D eigenvalue weighted by Crippen LogP contribution is -2.17. The Hall–Kier alpha value is -1.62. The van der Waals surface area contributed by atoms with Gasteiger partial charge in [-0.05, 0) is 25.5 Å². The van der Waals surface area contributed by atoms with Gasteiger partial charge in [-0.2, -0.15) is 0 Å². The first-order valence-electron chi connectivity index (χ1n) is 5.15. The zero-order valence-electron chi connectivity index (χ0n) is 9.67. The van der Waals surface area contributed by atoms with Crippen molar-refractivity contribution < 1.29 is 10.0 Å². The molecule has 0 spiro atoms. The molecule has 0 aliphatic heterocycles. The highest BCUT2D eigenvalue weighted by Crippen LogP contribution is 2.30. The highest BCUT2D eigenvalue weighted by atomic mass is 16.6. The van der Waals surface area contributed by atoms with Crippen molar-refractivity contribution >= 4 is 11.4 Å². The summed E-state index contributed by atoms with van der Waals surface area (Å²) in [5.74, 6) is 0. The van der Waals surface area contributed by atoms with Crippen molar-refractivity contribution in [3.63, 3.8) is 0 Å². The van der Waals surface area contributed by atoms with E-state index in [1.807, 2.05) is 6.92 Å². The van der Waals surface area contributed by atoms with Crippen LogP contribution in [0.15, 0.2) is 18.2 Å². The summed E-state index contributed by atoms with van der Waals surface area (Å²) < 4.78 is 0. The Balaban J connectivity index is 3.25. The molecule has 0 aromatic heterocycles. The molecule has 1 rings (SSSR count). The fraction of sp³-hybridized carbons (Fsp3) is 0.455. The lowest BCUT2D eigenvalue weighted by molar-refractivity contribution is -0.384. The second-order valence-electron chi connectivity index (χ2n) is 3.70. The number of aliphatic hydroxyl groups is 1. The van der Waals surface area contributed by atoms with E-state index in [1.165, 1.54) is 6.07 Å². The molecule has 88 valence electrons. The first-order valence-corrected chi connectivity index (χ1v) is 5.15. The number of benzene rings is 1. The maximum atomic E-state index is 10.9. The van der Waals surface area contributed by atoms with Crippen LogP contribution in [0.5, 0.6) is 0 Å². The summed E-state index contributed by atoms with van der Waals surface area (Å²) >= 11 is 0. The van der Waals surface area contributed by atoms with Crippen molar-refractivity contribution in [3.8, 4) is 0 Å². The molecular formula is C11H16N2O3. The van der Waals surface area contributed by atoms with Crippen molar-refractivity contribution in [2.75, 3.05) is 18.5 Å². The maximum Gasteiger partial charge on any atom is 0.292 e. The third-order valence-corrected chi connectivity index (χ3v) is 2.56. The Morgan fingerprint density at radius 1 is 1.56 bits per heavy atom. The molecule has 0 radical (unpaired) electrons. The second-order valence-corrected chi connectivity index (χ2v) is 3.70. The van der Waals surface area contributed by atoms with E-state index in [2.05, 4.69) is 0 Å². The Bertz CT molecular complexity index is 391. The number of nitro benzene ring substituents is 1. The molecular weight excluding hydrogens is 208 g/mol. The quantitative estimate of drug-likeness (QED) is 0.628. The number of rotatable bonds is 4. The van der Waals surface area contributed by atoms with Crippen LogP contribution in [0.4, 0.5) is 11.4 Å². The highest BCUT2D eigenvalue weighted by Gasteiger charge is 2.18. The molecule has 0 bridgehead atoms. The lowest BCUT2D eigenvalue weighted by atomic mass is 10.1. The van der Waals surface area contributed by atoms with Crippen molar-refractivity contribution in [1.82, 2.24) is 0 Å². The smallest absolute Gasteiger partial charge is 0.292 e. The Morgan fingerprint density at radius 2 is 2.19 bits per heavy atom. The van der Waals surface area contributed by atoms with Crippen molar-refractivity contribution in [1.29, 1.82) is 0 Å². The summed E-state index contributed by atoms with van der Waals surface area (Å²) in [6, 6.07) is 4.80. The molecule has 1 N–H and O–H groups in total. The predicted octanol–water partition coefficient (Wildman–Crippen LogP) is 2.10. The standard InChI is InChI=1S/C11H16N2O3/c1-4-12(3)10-6-5-9(8(2)14)7-11(10)13(15)16/h5-8,14H,4H2,1-3H3/t8-/m1/s1. The topological polar surface area (TPSA) is 66.6 Å². The van der Waals surface area contributed by atoms with Crippen molar-refractivity contribution in [2.24, 2.45) is 0 Å². The lowest BCUT2D eigenvalue weighted by Gasteiger charge is -2.17. The zero-order chi connectivity index (χ0) is 12.3. The normalized spacial score (nSPS) is 12.2. The van der Waals surface area contributed by atoms with Gasteiger partial charge >= 0.3 is 0 Å². The second kappa shape index (κ2) is 4.94. The zero-order valence-corrected chi connectivity index (χ0v) is 9.67. The number of nitro groups is 1. The van der Waals surface area contributed by atoms with E-state index in [0.717, 1.165) is 0 Å². The summed E-state index contributed by atoms with van der Waals surface area (Å²) in [6.45, 7) is 4.20. The number of anilines is 1. The fourth-order valence-corrected chi connectivity index (χ4v) is 1.44. The van der Waals surface area contributed by atoms with E-state index in [0.29, 0.717) is 17.8 Å². The molecule has 0 saturated heterocycles. The average Bonchev–Trinajstić information content (AvgIpc) is 2.26. The molecule has 0 heterocycles. The molecule has 0 aliphatic rings. The summed E-state index contributed by atoms with van der Waals surface area (Å²) in [5.41, 5.74) is 1.15. The number of nitrogens with zero attached hydrogens (tertiary/aromatic N) is 2. The molecule has 16 heavy (non-hydrogen) atoms. The largest absolute Gasteiger partial charge is 0.389 e. The van der Waals surface area contributed by atoms with E-state index in [1.54, 1.807) is 31.0 Å². The van der Waals surface area contributed by atoms with Crippen molar-refractivity contribution in [3.05, 3.63) is 33.9 Å². The maximum absolute atomic E-state index is 10.9. The Labute approximate surface area is 94.5 Å². The van der Waals surface area contributed by atoms with Crippen LogP contribution >= 0.6 is 0 Å². The van der Waals surface area contributed by atoms with Gasteiger partial charge in [0.15, 0.2) is 0 Å². The molecule has 5 heteroatoms. The predicted molar refractivity (Wildman–Crippen MR) is 62.7 cm³/mol. The number of aliphatic hydroxyl groups excluding tert-OH is 1. The van der Waals surface area contributed by atoms with Crippen LogP contribution in [0.25, 0.3) is 0 Å². The van der Waals surface area contributed by atoms with Crippen LogP contribution in [-0.2, 0) is 0 Å². The molecule has 1 aromatic carbocycles. The van der Waals surface area contributed by atoms with Crippen LogP contribution in [0, 0.1) is 10.1 Å². The molecule has 0 aliphatic carbocycles. The van der Waals surface area contributed by atoms with Gasteiger partial charge in [0.2, 0.25) is 0 Å². The minimum atomic E-state index is -0.695. The van der Waals surface area contributed by atoms with Crippen LogP contribution in [-0.4, -0.2) is 23.6 Å². The van der Waals surface area contributed by atoms with Gasteiger partial charge in [0.05, 0.1) is 11.0 Å². The van der Waals surface area contributed by atoms with Crippen LogP contribution in [0.2, 0.25) is 0 Å². The minimum absolute atomic E-state index is 0.0303. The van der Waals surface area contributed by atoms with E-state index < -0.39 is 11.0 Å². The van der Waals surface area contributed by atoms with Crippen LogP contribution in [0.1, 0.15) is 25.5 Å². The number of hydrogen-bond donors (Lipinski definition) is 1. The summed E-state index contributed by atoms with van der Waals surface area (Å²) in [5, 5.41) is 20.3. The van der Waals surface area contributed by atoms with Gasteiger partial charge in [0, 0.05) is 19.7 Å². The monoisotopic (exact) mass is 224 g/mol. The molecule has 0 saturated carbocycles. The van der Waals surface area contributed by atoms with Gasteiger partial charge in [-0.25, -0.2) is 0 Å². The molecule has 5 nitrogen and oxygen atoms in total. The van der Waals surface area contributed by atoms with Crippen LogP contribution in [0.3, 0.4) is 0 Å². The molecule has 0 unspecified atom stereocenters. The Kier molecular flexibility index (Phi) is 3.84. The van der Waals surface area contributed by atoms with Gasteiger partial charge in [0.25, 0.3) is 5.69 Å². The third kappa shape index (κ3) is 2.49. The van der Waals surface area contributed by atoms with Crippen LogP contribution < -0.4 is 4.90 Å².